The highest BCUT2D eigenvalue weighted by molar-refractivity contribution is 9.10. The van der Waals surface area contributed by atoms with Gasteiger partial charge >= 0.3 is 5.97 Å². The average Bonchev–Trinajstić information content (AvgIpc) is 2.77. The van der Waals surface area contributed by atoms with Crippen LogP contribution in [0.25, 0.3) is 0 Å². The highest BCUT2D eigenvalue weighted by Crippen LogP contribution is 2.25. The van der Waals surface area contributed by atoms with Gasteiger partial charge < -0.3 is 9.64 Å². The van der Waals surface area contributed by atoms with E-state index in [1.165, 1.54) is 7.11 Å². The van der Waals surface area contributed by atoms with Crippen LogP contribution < -0.4 is 4.90 Å². The second-order valence-electron chi connectivity index (χ2n) is 4.49. The molecule has 1 aliphatic rings. The van der Waals surface area contributed by atoms with Gasteiger partial charge in [-0.25, -0.2) is 0 Å². The van der Waals surface area contributed by atoms with Crippen molar-refractivity contribution in [3.63, 3.8) is 0 Å². The maximum absolute atomic E-state index is 11.9. The predicted octanol–water partition coefficient (Wildman–Crippen LogP) is 2.29. The third-order valence-electron chi connectivity index (χ3n) is 3.23. The maximum Gasteiger partial charge on any atom is 0.305 e. The molecule has 5 heteroatoms. The zero-order chi connectivity index (χ0) is 13.8. The van der Waals surface area contributed by atoms with Gasteiger partial charge in [0, 0.05) is 18.7 Å². The molecule has 0 aliphatic carbocycles. The van der Waals surface area contributed by atoms with Gasteiger partial charge in [0.15, 0.2) is 0 Å². The Morgan fingerprint density at radius 3 is 2.63 bits per heavy atom. The van der Waals surface area contributed by atoms with Crippen LogP contribution in [0.3, 0.4) is 0 Å². The molecule has 1 fully saturated rings. The minimum atomic E-state index is -0.207. The fraction of sp³-hybridized carbons (Fsp3) is 0.429. The van der Waals surface area contributed by atoms with E-state index in [4.69, 9.17) is 0 Å². The normalized spacial score (nSPS) is 18.7. The molecule has 19 heavy (non-hydrogen) atoms. The summed E-state index contributed by atoms with van der Waals surface area (Å²) in [6.07, 6.45) is 1.87. The number of halogens is 1. The van der Waals surface area contributed by atoms with Crippen LogP contribution in [0.1, 0.15) is 18.4 Å². The van der Waals surface area contributed by atoms with Crippen LogP contribution in [-0.4, -0.2) is 30.4 Å². The van der Waals surface area contributed by atoms with Crippen LogP contribution in [0.4, 0.5) is 5.69 Å². The van der Waals surface area contributed by atoms with Gasteiger partial charge in [-0.2, -0.15) is 0 Å². The molecule has 0 saturated carbocycles. The monoisotopic (exact) mass is 325 g/mol. The standard InChI is InChI=1S/C14H16BrNO3/c1-19-13(17)7-4-10-2-5-11(6-3-10)16-9-8-12(15)14(16)18/h2-3,5-6,12H,4,7-9H2,1H3. The highest BCUT2D eigenvalue weighted by Gasteiger charge is 2.30. The number of esters is 1. The molecule has 0 radical (unpaired) electrons. The Kier molecular flexibility index (Phi) is 4.58. The van der Waals surface area contributed by atoms with E-state index in [9.17, 15) is 9.59 Å². The highest BCUT2D eigenvalue weighted by atomic mass is 79.9. The number of carbonyl (C=O) groups excluding carboxylic acids is 2. The molecule has 4 nitrogen and oxygen atoms in total. The van der Waals surface area contributed by atoms with Crippen molar-refractivity contribution in [1.82, 2.24) is 0 Å². The zero-order valence-electron chi connectivity index (χ0n) is 10.8. The lowest BCUT2D eigenvalue weighted by molar-refractivity contribution is -0.140. The fourth-order valence-electron chi connectivity index (χ4n) is 2.09. The molecule has 0 N–H and O–H groups in total. The van der Waals surface area contributed by atoms with Crippen molar-refractivity contribution in [2.24, 2.45) is 0 Å². The first-order chi connectivity index (χ1) is 9.11. The summed E-state index contributed by atoms with van der Waals surface area (Å²) in [5.74, 6) is -0.0942. The van der Waals surface area contributed by atoms with Crippen molar-refractivity contribution in [2.45, 2.75) is 24.1 Å². The molecule has 0 spiro atoms. The minimum absolute atomic E-state index is 0.0634. The predicted molar refractivity (Wildman–Crippen MR) is 76.5 cm³/mol. The summed E-state index contributed by atoms with van der Waals surface area (Å²) in [6.45, 7) is 0.746. The van der Waals surface area contributed by atoms with Gasteiger partial charge in [-0.1, -0.05) is 28.1 Å². The maximum atomic E-state index is 11.9. The molecule has 1 aromatic carbocycles. The number of methoxy groups -OCH3 is 1. The van der Waals surface area contributed by atoms with E-state index in [2.05, 4.69) is 20.7 Å². The van der Waals surface area contributed by atoms with E-state index in [0.717, 1.165) is 24.2 Å². The molecule has 1 aliphatic heterocycles. The Hall–Kier alpha value is -1.36. The third-order valence-corrected chi connectivity index (χ3v) is 4.08. The Balaban J connectivity index is 1.99. The largest absolute Gasteiger partial charge is 0.469 e. The number of alkyl halides is 1. The number of aryl methyl sites for hydroxylation is 1. The van der Waals surface area contributed by atoms with Crippen molar-refractivity contribution >= 4 is 33.5 Å². The second-order valence-corrected chi connectivity index (χ2v) is 5.59. The van der Waals surface area contributed by atoms with E-state index in [0.29, 0.717) is 12.8 Å². The number of anilines is 1. The first kappa shape index (κ1) is 14.1. The molecule has 1 aromatic rings. The van der Waals surface area contributed by atoms with E-state index >= 15 is 0 Å². The fourth-order valence-corrected chi connectivity index (χ4v) is 2.54. The van der Waals surface area contributed by atoms with Gasteiger partial charge in [0.05, 0.1) is 11.9 Å². The van der Waals surface area contributed by atoms with E-state index < -0.39 is 0 Å². The zero-order valence-corrected chi connectivity index (χ0v) is 12.4. The Labute approximate surface area is 120 Å². The van der Waals surface area contributed by atoms with Crippen LogP contribution in [0.2, 0.25) is 0 Å². The first-order valence-corrected chi connectivity index (χ1v) is 7.14. The summed E-state index contributed by atoms with van der Waals surface area (Å²) >= 11 is 3.36. The van der Waals surface area contributed by atoms with Crippen LogP contribution in [-0.2, 0) is 20.7 Å². The molecular weight excluding hydrogens is 310 g/mol. The van der Waals surface area contributed by atoms with Crippen LogP contribution in [0.15, 0.2) is 24.3 Å². The summed E-state index contributed by atoms with van der Waals surface area (Å²) in [6, 6.07) is 7.76. The Morgan fingerprint density at radius 1 is 1.42 bits per heavy atom. The molecular formula is C14H16BrNO3. The summed E-state index contributed by atoms with van der Waals surface area (Å²) in [4.78, 5) is 24.6. The van der Waals surface area contributed by atoms with E-state index in [1.54, 1.807) is 4.90 Å². The number of amides is 1. The minimum Gasteiger partial charge on any atom is -0.469 e. The molecule has 2 rings (SSSR count). The van der Waals surface area contributed by atoms with Crippen molar-refractivity contribution in [1.29, 1.82) is 0 Å². The van der Waals surface area contributed by atoms with Crippen molar-refractivity contribution < 1.29 is 14.3 Å². The Morgan fingerprint density at radius 2 is 2.11 bits per heavy atom. The summed E-state index contributed by atoms with van der Waals surface area (Å²) in [5.41, 5.74) is 1.98. The molecule has 1 amide bonds. The van der Waals surface area contributed by atoms with Gasteiger partial charge in [-0.15, -0.1) is 0 Å². The van der Waals surface area contributed by atoms with Gasteiger partial charge in [0.25, 0.3) is 0 Å². The summed E-state index contributed by atoms with van der Waals surface area (Å²) < 4.78 is 4.61. The molecule has 1 atom stereocenters. The second kappa shape index (κ2) is 6.19. The number of ether oxygens (including phenoxy) is 1. The van der Waals surface area contributed by atoms with Gasteiger partial charge in [-0.05, 0) is 30.5 Å². The topological polar surface area (TPSA) is 46.6 Å². The summed E-state index contributed by atoms with van der Waals surface area (Å²) in [7, 11) is 1.39. The van der Waals surface area contributed by atoms with Crippen molar-refractivity contribution in [3.05, 3.63) is 29.8 Å². The van der Waals surface area contributed by atoms with Crippen molar-refractivity contribution in [2.75, 3.05) is 18.6 Å². The number of rotatable bonds is 4. The number of carbonyl (C=O) groups is 2. The molecule has 1 unspecified atom stereocenters. The molecule has 1 heterocycles. The summed E-state index contributed by atoms with van der Waals surface area (Å²) in [5, 5.41) is 0. The smallest absolute Gasteiger partial charge is 0.305 e. The number of hydrogen-bond acceptors (Lipinski definition) is 3. The number of nitrogens with zero attached hydrogens (tertiary/aromatic N) is 1. The Bertz CT molecular complexity index is 472. The van der Waals surface area contributed by atoms with Gasteiger partial charge in [0.2, 0.25) is 5.91 Å². The lowest BCUT2D eigenvalue weighted by Crippen LogP contribution is -2.26. The number of hydrogen-bond donors (Lipinski definition) is 0. The van der Waals surface area contributed by atoms with Crippen LogP contribution in [0, 0.1) is 0 Å². The number of benzene rings is 1. The molecule has 102 valence electrons. The van der Waals surface area contributed by atoms with E-state index in [1.807, 2.05) is 24.3 Å². The molecule has 1 saturated heterocycles. The quantitative estimate of drug-likeness (QED) is 0.630. The van der Waals surface area contributed by atoms with Crippen LogP contribution >= 0.6 is 15.9 Å². The van der Waals surface area contributed by atoms with Crippen LogP contribution in [0.5, 0.6) is 0 Å². The van der Waals surface area contributed by atoms with Gasteiger partial charge in [0.1, 0.15) is 0 Å². The molecule has 0 aromatic heterocycles. The van der Waals surface area contributed by atoms with Crippen molar-refractivity contribution in [3.8, 4) is 0 Å². The third kappa shape index (κ3) is 3.35. The van der Waals surface area contributed by atoms with E-state index in [-0.39, 0.29) is 16.7 Å². The first-order valence-electron chi connectivity index (χ1n) is 6.23. The lowest BCUT2D eigenvalue weighted by atomic mass is 10.1. The lowest BCUT2D eigenvalue weighted by Gasteiger charge is -2.16. The SMILES string of the molecule is COC(=O)CCc1ccc(N2CCC(Br)C2=O)cc1. The molecule has 0 bridgehead atoms. The van der Waals surface area contributed by atoms with Gasteiger partial charge in [-0.3, -0.25) is 9.59 Å². The average molecular weight is 326 g/mol.